The highest BCUT2D eigenvalue weighted by Gasteiger charge is 2.28. The fraction of sp³-hybridized carbons (Fsp3) is 0.400. The molecule has 0 spiro atoms. The largest absolute Gasteiger partial charge is 0.455 e. The number of hydrogen-bond acceptors (Lipinski definition) is 3. The first-order valence-corrected chi connectivity index (χ1v) is 8.68. The van der Waals surface area contributed by atoms with Crippen molar-refractivity contribution in [3.05, 3.63) is 47.0 Å². The summed E-state index contributed by atoms with van der Waals surface area (Å²) in [7, 11) is 0. The number of aryl methyl sites for hydroxylation is 1. The predicted octanol–water partition coefficient (Wildman–Crippen LogP) is 3.87. The fourth-order valence-electron chi connectivity index (χ4n) is 3.97. The van der Waals surface area contributed by atoms with Gasteiger partial charge in [-0.3, -0.25) is 11.5 Å². The van der Waals surface area contributed by atoms with Crippen LogP contribution in [0.2, 0.25) is 0 Å². The van der Waals surface area contributed by atoms with Crippen LogP contribution in [0.15, 0.2) is 30.3 Å². The highest BCUT2D eigenvalue weighted by molar-refractivity contribution is 5.96. The van der Waals surface area contributed by atoms with E-state index in [2.05, 4.69) is 30.3 Å². The van der Waals surface area contributed by atoms with Crippen molar-refractivity contribution < 1.29 is 4.74 Å². The summed E-state index contributed by atoms with van der Waals surface area (Å²) in [5.41, 5.74) is 16.1. The van der Waals surface area contributed by atoms with Gasteiger partial charge < -0.3 is 4.74 Å². The number of nitrogens with two attached hydrogens (primary N) is 2. The minimum Gasteiger partial charge on any atom is -0.455 e. The van der Waals surface area contributed by atoms with E-state index in [1.54, 1.807) is 6.08 Å². The van der Waals surface area contributed by atoms with Crippen molar-refractivity contribution in [2.45, 2.75) is 50.8 Å². The molecule has 0 saturated carbocycles. The van der Waals surface area contributed by atoms with Crippen LogP contribution in [0.3, 0.4) is 0 Å². The molecule has 120 valence electrons. The Labute approximate surface area is 137 Å². The van der Waals surface area contributed by atoms with Crippen molar-refractivity contribution in [3.63, 3.8) is 0 Å². The standard InChI is InChI=1S/C20H24N2O/c21-20(22)13-12-18-16-9-5-3-1-2-4-8-14(16)15-10-6-7-11-17(15)19(18)23-20/h6-7,10-13H,1-5,8-9,21-22H2. The summed E-state index contributed by atoms with van der Waals surface area (Å²) in [6, 6.07) is 8.50. The Kier molecular flexibility index (Phi) is 3.63. The maximum absolute atomic E-state index is 6.01. The molecule has 4 rings (SSSR count). The van der Waals surface area contributed by atoms with E-state index in [-0.39, 0.29) is 0 Å². The Morgan fingerprint density at radius 2 is 1.48 bits per heavy atom. The Morgan fingerprint density at radius 3 is 2.26 bits per heavy atom. The Morgan fingerprint density at radius 1 is 0.826 bits per heavy atom. The van der Waals surface area contributed by atoms with Gasteiger partial charge in [0.15, 0.2) is 0 Å². The van der Waals surface area contributed by atoms with Crippen LogP contribution in [0.25, 0.3) is 16.8 Å². The molecule has 4 N–H and O–H groups in total. The predicted molar refractivity (Wildman–Crippen MR) is 95.2 cm³/mol. The van der Waals surface area contributed by atoms with E-state index < -0.39 is 5.85 Å². The summed E-state index contributed by atoms with van der Waals surface area (Å²) >= 11 is 0. The van der Waals surface area contributed by atoms with Gasteiger partial charge in [0, 0.05) is 10.9 Å². The summed E-state index contributed by atoms with van der Waals surface area (Å²) in [6.45, 7) is 0. The minimum absolute atomic E-state index is 0.853. The van der Waals surface area contributed by atoms with E-state index in [4.69, 9.17) is 16.2 Å². The lowest BCUT2D eigenvalue weighted by Crippen LogP contribution is -2.53. The van der Waals surface area contributed by atoms with Gasteiger partial charge in [0.05, 0.1) is 0 Å². The maximum Gasteiger partial charge on any atom is 0.233 e. The van der Waals surface area contributed by atoms with Gasteiger partial charge in [0.25, 0.3) is 0 Å². The van der Waals surface area contributed by atoms with Crippen molar-refractivity contribution in [2.24, 2.45) is 11.5 Å². The molecule has 1 aliphatic heterocycles. The topological polar surface area (TPSA) is 61.3 Å². The van der Waals surface area contributed by atoms with E-state index in [0.29, 0.717) is 0 Å². The second-order valence-electron chi connectivity index (χ2n) is 6.80. The Bertz CT molecular complexity index is 777. The van der Waals surface area contributed by atoms with Crippen LogP contribution in [-0.4, -0.2) is 5.85 Å². The second-order valence-corrected chi connectivity index (χ2v) is 6.80. The fourth-order valence-corrected chi connectivity index (χ4v) is 3.97. The molecule has 2 aromatic carbocycles. The third-order valence-corrected chi connectivity index (χ3v) is 5.07. The lowest BCUT2D eigenvalue weighted by Gasteiger charge is -2.30. The number of ether oxygens (including phenoxy) is 1. The first-order valence-electron chi connectivity index (χ1n) is 8.68. The molecule has 3 nitrogen and oxygen atoms in total. The Balaban J connectivity index is 2.00. The number of fused-ring (bicyclic) bond motifs is 6. The Hall–Kier alpha value is -1.84. The molecule has 23 heavy (non-hydrogen) atoms. The summed E-state index contributed by atoms with van der Waals surface area (Å²) in [5, 5.41) is 2.43. The second kappa shape index (κ2) is 5.66. The van der Waals surface area contributed by atoms with E-state index in [1.807, 2.05) is 0 Å². The molecule has 3 heteroatoms. The van der Waals surface area contributed by atoms with E-state index >= 15 is 0 Å². The van der Waals surface area contributed by atoms with E-state index in [9.17, 15) is 0 Å². The maximum atomic E-state index is 6.01. The van der Waals surface area contributed by atoms with Crippen molar-refractivity contribution in [2.75, 3.05) is 0 Å². The highest BCUT2D eigenvalue weighted by atomic mass is 16.5. The molecule has 0 fully saturated rings. The minimum atomic E-state index is -1.22. The van der Waals surface area contributed by atoms with Crippen LogP contribution in [0.5, 0.6) is 5.75 Å². The molecule has 2 aliphatic rings. The number of benzene rings is 2. The summed E-state index contributed by atoms with van der Waals surface area (Å²) < 4.78 is 5.97. The monoisotopic (exact) mass is 308 g/mol. The molecule has 0 amide bonds. The van der Waals surface area contributed by atoms with Gasteiger partial charge in [0.1, 0.15) is 5.75 Å². The van der Waals surface area contributed by atoms with Gasteiger partial charge in [-0.2, -0.15) is 0 Å². The van der Waals surface area contributed by atoms with Gasteiger partial charge in [-0.25, -0.2) is 0 Å². The van der Waals surface area contributed by atoms with Crippen LogP contribution >= 0.6 is 0 Å². The molecular formula is C20H24N2O. The van der Waals surface area contributed by atoms with Crippen molar-refractivity contribution >= 4 is 16.8 Å². The zero-order valence-corrected chi connectivity index (χ0v) is 13.5. The molecule has 0 unspecified atom stereocenters. The van der Waals surface area contributed by atoms with Crippen LogP contribution in [0.1, 0.15) is 48.8 Å². The summed E-state index contributed by atoms with van der Waals surface area (Å²) in [5.74, 6) is -0.367. The summed E-state index contributed by atoms with van der Waals surface area (Å²) in [4.78, 5) is 0. The molecule has 2 aromatic rings. The van der Waals surface area contributed by atoms with Crippen molar-refractivity contribution in [1.29, 1.82) is 0 Å². The highest BCUT2D eigenvalue weighted by Crippen LogP contribution is 2.41. The van der Waals surface area contributed by atoms with E-state index in [0.717, 1.165) is 24.0 Å². The van der Waals surface area contributed by atoms with Crippen LogP contribution < -0.4 is 16.2 Å². The smallest absolute Gasteiger partial charge is 0.233 e. The molecule has 0 saturated heterocycles. The SMILES string of the molecule is NC1(N)C=Cc2c3c(c4ccccc4c2O1)CCCCCCC3. The van der Waals surface area contributed by atoms with Gasteiger partial charge >= 0.3 is 0 Å². The molecule has 0 radical (unpaired) electrons. The van der Waals surface area contributed by atoms with Crippen LogP contribution in [-0.2, 0) is 12.8 Å². The molecule has 1 heterocycles. The lowest BCUT2D eigenvalue weighted by atomic mass is 9.87. The quantitative estimate of drug-likeness (QED) is 0.726. The van der Waals surface area contributed by atoms with Crippen LogP contribution in [0, 0.1) is 0 Å². The zero-order valence-electron chi connectivity index (χ0n) is 13.5. The van der Waals surface area contributed by atoms with Gasteiger partial charge in [0.2, 0.25) is 5.85 Å². The van der Waals surface area contributed by atoms with E-state index in [1.165, 1.54) is 54.2 Å². The zero-order chi connectivity index (χ0) is 15.9. The van der Waals surface area contributed by atoms with Gasteiger partial charge in [-0.15, -0.1) is 0 Å². The lowest BCUT2D eigenvalue weighted by molar-refractivity contribution is 0.134. The molecule has 0 atom stereocenters. The first kappa shape index (κ1) is 14.7. The van der Waals surface area contributed by atoms with Crippen LogP contribution in [0.4, 0.5) is 0 Å². The van der Waals surface area contributed by atoms with Crippen molar-refractivity contribution in [1.82, 2.24) is 0 Å². The molecule has 0 aromatic heterocycles. The van der Waals surface area contributed by atoms with Gasteiger partial charge in [-0.1, -0.05) is 43.5 Å². The van der Waals surface area contributed by atoms with Crippen molar-refractivity contribution in [3.8, 4) is 5.75 Å². The number of rotatable bonds is 0. The third kappa shape index (κ3) is 2.64. The average Bonchev–Trinajstić information content (AvgIpc) is 2.66. The average molecular weight is 308 g/mol. The molecule has 0 bridgehead atoms. The normalized spacial score (nSPS) is 19.9. The number of hydrogen-bond donors (Lipinski definition) is 2. The molecular weight excluding hydrogens is 284 g/mol. The van der Waals surface area contributed by atoms with Gasteiger partial charge in [-0.05, 0) is 54.3 Å². The first-order chi connectivity index (χ1) is 11.2. The summed E-state index contributed by atoms with van der Waals surface area (Å²) in [6.07, 6.45) is 12.6. The third-order valence-electron chi connectivity index (χ3n) is 5.07. The molecule has 1 aliphatic carbocycles.